The zero-order valence-corrected chi connectivity index (χ0v) is 11.8. The van der Waals surface area contributed by atoms with Gasteiger partial charge in [0.15, 0.2) is 0 Å². The fourth-order valence-corrected chi connectivity index (χ4v) is 2.13. The van der Waals surface area contributed by atoms with Crippen molar-refractivity contribution in [3.05, 3.63) is 29.6 Å². The minimum absolute atomic E-state index is 0.0453. The summed E-state index contributed by atoms with van der Waals surface area (Å²) < 4.78 is 19.3. The zero-order valence-electron chi connectivity index (χ0n) is 11.8. The van der Waals surface area contributed by atoms with Crippen molar-refractivity contribution in [1.29, 1.82) is 0 Å². The average molecular weight is 292 g/mol. The number of benzene rings is 1. The molecule has 1 amide bonds. The number of nitrogens with zero attached hydrogens (tertiary/aromatic N) is 1. The third-order valence-corrected chi connectivity index (χ3v) is 3.18. The van der Waals surface area contributed by atoms with Gasteiger partial charge in [0.05, 0.1) is 25.3 Å². The number of ether oxygens (including phenoxy) is 1. The summed E-state index contributed by atoms with van der Waals surface area (Å²) in [7, 11) is 0. The minimum atomic E-state index is -0.391. The maximum atomic E-state index is 14.1. The van der Waals surface area contributed by atoms with Crippen LogP contribution in [0.25, 0.3) is 0 Å². The largest absolute Gasteiger partial charge is 0.378 e. The van der Waals surface area contributed by atoms with Gasteiger partial charge in [-0.1, -0.05) is 0 Å². The van der Waals surface area contributed by atoms with Gasteiger partial charge in [-0.25, -0.2) is 9.18 Å². The van der Waals surface area contributed by atoms with Crippen molar-refractivity contribution >= 4 is 23.2 Å². The SMILES string of the molecule is CC(=C=O)CC(=O)Nc1ccc(N2CCOCC2)c(F)c1. The maximum Gasteiger partial charge on any atom is 0.229 e. The van der Waals surface area contributed by atoms with E-state index in [1.54, 1.807) is 18.1 Å². The van der Waals surface area contributed by atoms with Gasteiger partial charge in [0.1, 0.15) is 11.8 Å². The normalized spacial score (nSPS) is 14.5. The van der Waals surface area contributed by atoms with E-state index in [9.17, 15) is 14.0 Å². The van der Waals surface area contributed by atoms with Crippen molar-refractivity contribution in [3.8, 4) is 0 Å². The Labute approximate surface area is 122 Å². The first-order valence-electron chi connectivity index (χ1n) is 6.73. The smallest absolute Gasteiger partial charge is 0.229 e. The van der Waals surface area contributed by atoms with Crippen molar-refractivity contribution < 1.29 is 18.7 Å². The van der Waals surface area contributed by atoms with Gasteiger partial charge < -0.3 is 15.0 Å². The first-order valence-corrected chi connectivity index (χ1v) is 6.73. The molecule has 6 heteroatoms. The van der Waals surface area contributed by atoms with E-state index < -0.39 is 5.82 Å². The molecule has 0 atom stereocenters. The summed E-state index contributed by atoms with van der Waals surface area (Å²) in [6.07, 6.45) is -0.0453. The van der Waals surface area contributed by atoms with Crippen molar-refractivity contribution in [1.82, 2.24) is 0 Å². The van der Waals surface area contributed by atoms with E-state index in [4.69, 9.17) is 4.74 Å². The number of carbonyl (C=O) groups excluding carboxylic acids is 2. The van der Waals surface area contributed by atoms with E-state index in [2.05, 4.69) is 5.32 Å². The second kappa shape index (κ2) is 7.02. The van der Waals surface area contributed by atoms with Crippen LogP contribution in [0.2, 0.25) is 0 Å². The molecule has 1 aromatic rings. The van der Waals surface area contributed by atoms with E-state index in [1.807, 2.05) is 4.90 Å². The van der Waals surface area contributed by atoms with E-state index >= 15 is 0 Å². The highest BCUT2D eigenvalue weighted by molar-refractivity contribution is 5.93. The van der Waals surface area contributed by atoms with Gasteiger partial charge in [-0.05, 0) is 25.1 Å². The van der Waals surface area contributed by atoms with Crippen LogP contribution in [0.4, 0.5) is 15.8 Å². The quantitative estimate of drug-likeness (QED) is 0.859. The van der Waals surface area contributed by atoms with Gasteiger partial charge in [0.25, 0.3) is 0 Å². The average Bonchev–Trinajstić information content (AvgIpc) is 2.48. The molecule has 0 spiro atoms. The fourth-order valence-electron chi connectivity index (χ4n) is 2.13. The van der Waals surface area contributed by atoms with Crippen molar-refractivity contribution in [2.24, 2.45) is 0 Å². The molecule has 1 saturated heterocycles. The van der Waals surface area contributed by atoms with Gasteiger partial charge in [-0.3, -0.25) is 4.79 Å². The molecular formula is C15H17FN2O3. The molecule has 0 aromatic heterocycles. The maximum absolute atomic E-state index is 14.1. The molecule has 0 unspecified atom stereocenters. The molecule has 21 heavy (non-hydrogen) atoms. The lowest BCUT2D eigenvalue weighted by atomic mass is 10.2. The summed E-state index contributed by atoms with van der Waals surface area (Å²) in [5, 5.41) is 2.56. The van der Waals surface area contributed by atoms with Crippen molar-refractivity contribution in [2.75, 3.05) is 36.5 Å². The number of anilines is 2. The predicted octanol–water partition coefficient (Wildman–Crippen LogP) is 1.77. The van der Waals surface area contributed by atoms with Crippen LogP contribution in [0.5, 0.6) is 0 Å². The van der Waals surface area contributed by atoms with Crippen LogP contribution in [0.15, 0.2) is 23.8 Å². The molecule has 1 N–H and O–H groups in total. The molecule has 1 aromatic carbocycles. The number of carbonyl (C=O) groups is 1. The first kappa shape index (κ1) is 15.2. The summed E-state index contributed by atoms with van der Waals surface area (Å²) in [6, 6.07) is 4.56. The van der Waals surface area contributed by atoms with Crippen molar-refractivity contribution in [2.45, 2.75) is 13.3 Å². The van der Waals surface area contributed by atoms with E-state index in [0.29, 0.717) is 43.3 Å². The van der Waals surface area contributed by atoms with Gasteiger partial charge in [-0.15, -0.1) is 0 Å². The Kier molecular flexibility index (Phi) is 5.09. The molecule has 2 rings (SSSR count). The molecule has 0 bridgehead atoms. The third kappa shape index (κ3) is 4.15. The lowest BCUT2D eigenvalue weighted by Gasteiger charge is -2.29. The second-order valence-corrected chi connectivity index (χ2v) is 4.87. The van der Waals surface area contributed by atoms with Gasteiger partial charge in [-0.2, -0.15) is 0 Å². The molecule has 112 valence electrons. The predicted molar refractivity (Wildman–Crippen MR) is 77.6 cm³/mol. The molecule has 5 nitrogen and oxygen atoms in total. The standard InChI is InChI=1S/C15H17FN2O3/c1-11(10-19)8-15(20)17-12-2-3-14(13(16)9-12)18-4-6-21-7-5-18/h2-3,9H,4-8H2,1H3,(H,17,20). The number of nitrogens with one attached hydrogen (secondary N) is 1. The second-order valence-electron chi connectivity index (χ2n) is 4.87. The highest BCUT2D eigenvalue weighted by atomic mass is 19.1. The number of hydrogen-bond donors (Lipinski definition) is 1. The van der Waals surface area contributed by atoms with Gasteiger partial charge in [0, 0.05) is 24.4 Å². The van der Waals surface area contributed by atoms with Gasteiger partial charge in [0.2, 0.25) is 5.91 Å². The molecule has 1 heterocycles. The summed E-state index contributed by atoms with van der Waals surface area (Å²) in [5.41, 5.74) is 1.17. The number of amides is 1. The first-order chi connectivity index (χ1) is 10.1. The highest BCUT2D eigenvalue weighted by Crippen LogP contribution is 2.23. The fraction of sp³-hybridized carbons (Fsp3) is 0.400. The van der Waals surface area contributed by atoms with Crippen LogP contribution < -0.4 is 10.2 Å². The Morgan fingerprint density at radius 1 is 1.43 bits per heavy atom. The van der Waals surface area contributed by atoms with E-state index in [0.717, 1.165) is 0 Å². The number of rotatable bonds is 4. The molecule has 1 aliphatic heterocycles. The number of hydrogen-bond acceptors (Lipinski definition) is 4. The monoisotopic (exact) mass is 292 g/mol. The lowest BCUT2D eigenvalue weighted by molar-refractivity contribution is -0.115. The number of morpholine rings is 1. The van der Waals surface area contributed by atoms with Crippen LogP contribution in [-0.2, 0) is 14.3 Å². The zero-order chi connectivity index (χ0) is 15.2. The van der Waals surface area contributed by atoms with Gasteiger partial charge >= 0.3 is 0 Å². The summed E-state index contributed by atoms with van der Waals surface area (Å²) in [6.45, 7) is 3.97. The third-order valence-electron chi connectivity index (χ3n) is 3.18. The molecule has 0 radical (unpaired) electrons. The molecular weight excluding hydrogens is 275 g/mol. The van der Waals surface area contributed by atoms with Crippen LogP contribution in [-0.4, -0.2) is 38.2 Å². The summed E-state index contributed by atoms with van der Waals surface area (Å²) >= 11 is 0. The van der Waals surface area contributed by atoms with Crippen LogP contribution >= 0.6 is 0 Å². The molecule has 0 saturated carbocycles. The van der Waals surface area contributed by atoms with E-state index in [1.165, 1.54) is 13.0 Å². The summed E-state index contributed by atoms with van der Waals surface area (Å²) in [4.78, 5) is 23.9. The minimum Gasteiger partial charge on any atom is -0.378 e. The molecule has 0 aliphatic carbocycles. The van der Waals surface area contributed by atoms with Crippen LogP contribution in [0.1, 0.15) is 13.3 Å². The summed E-state index contributed by atoms with van der Waals surface area (Å²) in [5.74, 6) is 0.901. The van der Waals surface area contributed by atoms with Crippen LogP contribution in [0, 0.1) is 5.82 Å². The Bertz CT molecular complexity index is 576. The highest BCUT2D eigenvalue weighted by Gasteiger charge is 2.15. The Morgan fingerprint density at radius 3 is 2.76 bits per heavy atom. The van der Waals surface area contributed by atoms with Crippen molar-refractivity contribution in [3.63, 3.8) is 0 Å². The Balaban J connectivity index is 2.04. The van der Waals surface area contributed by atoms with E-state index in [-0.39, 0.29) is 12.3 Å². The van der Waals surface area contributed by atoms with Crippen LogP contribution in [0.3, 0.4) is 0 Å². The topological polar surface area (TPSA) is 58.6 Å². The lowest BCUT2D eigenvalue weighted by Crippen LogP contribution is -2.36. The molecule has 1 aliphatic rings. The molecule has 1 fully saturated rings. The number of halogens is 1. The Hall–Kier alpha value is -2.17. The Morgan fingerprint density at radius 2 is 2.14 bits per heavy atom.